The van der Waals surface area contributed by atoms with Gasteiger partial charge >= 0.3 is 17.8 Å². The third-order valence-corrected chi connectivity index (χ3v) is 4.58. The van der Waals surface area contributed by atoms with E-state index in [4.69, 9.17) is 16.3 Å². The quantitative estimate of drug-likeness (QED) is 0.310. The van der Waals surface area contributed by atoms with E-state index in [9.17, 15) is 23.9 Å². The lowest BCUT2D eigenvalue weighted by molar-refractivity contribution is -0.164. The number of benzene rings is 2. The lowest BCUT2D eigenvalue weighted by Gasteiger charge is -2.25. The van der Waals surface area contributed by atoms with Crippen molar-refractivity contribution in [2.45, 2.75) is 19.6 Å². The molecule has 1 atom stereocenters. The van der Waals surface area contributed by atoms with Gasteiger partial charge in [-0.3, -0.25) is 15.0 Å². The Morgan fingerprint density at radius 2 is 1.97 bits per heavy atom. The molecule has 0 bridgehead atoms. The number of hydrogen-bond donors (Lipinski definition) is 3. The predicted molar refractivity (Wildman–Crippen MR) is 112 cm³/mol. The van der Waals surface area contributed by atoms with Crippen LogP contribution in [-0.2, 0) is 20.9 Å². The van der Waals surface area contributed by atoms with Gasteiger partial charge in [0.05, 0.1) is 6.54 Å². The highest BCUT2D eigenvalue weighted by molar-refractivity contribution is 6.30. The van der Waals surface area contributed by atoms with Gasteiger partial charge in [-0.1, -0.05) is 35.9 Å². The Kier molecular flexibility index (Phi) is 7.64. The van der Waals surface area contributed by atoms with Crippen molar-refractivity contribution in [3.63, 3.8) is 0 Å². The number of amides is 1. The fourth-order valence-corrected chi connectivity index (χ4v) is 3.07. The lowest BCUT2D eigenvalue weighted by Crippen LogP contribution is -2.48. The molecule has 0 aliphatic heterocycles. The maximum absolute atomic E-state index is 14.1. The van der Waals surface area contributed by atoms with Crippen LogP contribution in [0.5, 0.6) is 0 Å². The van der Waals surface area contributed by atoms with Crippen LogP contribution in [0, 0.1) is 5.82 Å². The number of ether oxygens (including phenoxy) is 1. The summed E-state index contributed by atoms with van der Waals surface area (Å²) < 4.78 is 19.0. The van der Waals surface area contributed by atoms with E-state index in [1.807, 2.05) is 0 Å². The van der Waals surface area contributed by atoms with Crippen molar-refractivity contribution >= 4 is 29.4 Å². The molecule has 2 aromatic carbocycles. The summed E-state index contributed by atoms with van der Waals surface area (Å²) in [7, 11) is 0. The number of tetrazole rings is 1. The van der Waals surface area contributed by atoms with Crippen molar-refractivity contribution in [2.24, 2.45) is 0 Å². The molecule has 1 amide bonds. The zero-order valence-corrected chi connectivity index (χ0v) is 17.9. The van der Waals surface area contributed by atoms with E-state index >= 15 is 0 Å². The Morgan fingerprint density at radius 1 is 1.24 bits per heavy atom. The predicted octanol–water partition coefficient (Wildman–Crippen LogP) is 1.82. The first-order chi connectivity index (χ1) is 15.7. The number of nitrogens with one attached hydrogen (secondary N) is 2. The van der Waals surface area contributed by atoms with Crippen LogP contribution < -0.4 is 5.43 Å². The highest BCUT2D eigenvalue weighted by Crippen LogP contribution is 2.26. The number of carboxylic acid groups (broad SMARTS) is 1. The molecule has 1 unspecified atom stereocenters. The number of halogens is 2. The molecule has 11 nitrogen and oxygen atoms in total. The van der Waals surface area contributed by atoms with Crippen LogP contribution in [0.2, 0.25) is 5.02 Å². The van der Waals surface area contributed by atoms with E-state index in [1.54, 1.807) is 24.3 Å². The molecular weight excluding hydrogens is 459 g/mol. The summed E-state index contributed by atoms with van der Waals surface area (Å²) in [6.07, 6.45) is -1.55. The number of hydrogen-bond acceptors (Lipinski definition) is 8. The summed E-state index contributed by atoms with van der Waals surface area (Å²) in [6.45, 7) is 0.724. The maximum atomic E-state index is 14.1. The number of carbonyl (C=O) groups excluding carboxylic acids is 2. The molecule has 1 aromatic heterocycles. The van der Waals surface area contributed by atoms with Gasteiger partial charge in [-0.2, -0.15) is 5.21 Å². The fraction of sp³-hybridized carbons (Fsp3) is 0.200. The zero-order chi connectivity index (χ0) is 24.0. The molecule has 3 rings (SSSR count). The van der Waals surface area contributed by atoms with Gasteiger partial charge in [-0.05, 0) is 34.5 Å². The molecular formula is C20H18ClFN6O5. The first kappa shape index (κ1) is 23.8. The summed E-state index contributed by atoms with van der Waals surface area (Å²) in [5.41, 5.74) is 4.00. The highest BCUT2D eigenvalue weighted by Gasteiger charge is 2.26. The van der Waals surface area contributed by atoms with Crippen LogP contribution in [0.1, 0.15) is 23.1 Å². The number of aromatic nitrogens is 4. The van der Waals surface area contributed by atoms with Gasteiger partial charge in [0.25, 0.3) is 5.82 Å². The summed E-state index contributed by atoms with van der Waals surface area (Å²) in [5.74, 6) is -3.65. The maximum Gasteiger partial charge on any atom is 0.346 e. The second-order valence-electron chi connectivity index (χ2n) is 6.81. The molecule has 1 heterocycles. The summed E-state index contributed by atoms with van der Waals surface area (Å²) in [5, 5.41) is 23.5. The van der Waals surface area contributed by atoms with Crippen molar-refractivity contribution in [1.82, 2.24) is 31.1 Å². The smallest absolute Gasteiger partial charge is 0.346 e. The molecule has 172 valence electrons. The number of aliphatic carboxylic acids is 1. The SMILES string of the molecule is CC(=O)OC(CN(Cc1ccc(-c2cc(Cl)ccc2F)cc1)NC(=O)c1nn[nH]n1)C(=O)O. The fourth-order valence-electron chi connectivity index (χ4n) is 2.90. The number of H-pyrrole nitrogens is 1. The molecule has 0 fully saturated rings. The standard InChI is InChI=1S/C20H18ClFN6O5/c1-11(29)33-17(20(31)32)10-28(25-19(30)18-23-26-27-24-18)9-12-2-4-13(5-3-12)15-8-14(21)6-7-16(15)22/h2-8,17H,9-10H2,1H3,(H,25,30)(H,31,32)(H,23,24,26,27). The molecule has 0 spiro atoms. The number of nitrogens with zero attached hydrogens (tertiary/aromatic N) is 4. The van der Waals surface area contributed by atoms with Gasteiger partial charge in [0, 0.05) is 24.1 Å². The van der Waals surface area contributed by atoms with Crippen LogP contribution in [0.25, 0.3) is 11.1 Å². The third kappa shape index (κ3) is 6.54. The number of rotatable bonds is 9. The Balaban J connectivity index is 1.80. The number of hydrazine groups is 1. The minimum atomic E-state index is -1.55. The largest absolute Gasteiger partial charge is 0.478 e. The van der Waals surface area contributed by atoms with Crippen molar-refractivity contribution in [3.05, 3.63) is 64.7 Å². The van der Waals surface area contributed by atoms with Gasteiger partial charge in [0.15, 0.2) is 0 Å². The van der Waals surface area contributed by atoms with Crippen LogP contribution in [0.4, 0.5) is 4.39 Å². The van der Waals surface area contributed by atoms with Crippen LogP contribution in [0.3, 0.4) is 0 Å². The van der Waals surface area contributed by atoms with E-state index in [2.05, 4.69) is 26.0 Å². The third-order valence-electron chi connectivity index (χ3n) is 4.34. The minimum Gasteiger partial charge on any atom is -0.478 e. The normalized spacial score (nSPS) is 11.8. The van der Waals surface area contributed by atoms with Gasteiger partial charge in [0.1, 0.15) is 5.82 Å². The van der Waals surface area contributed by atoms with Crippen molar-refractivity contribution in [1.29, 1.82) is 0 Å². The van der Waals surface area contributed by atoms with E-state index < -0.39 is 29.8 Å². The van der Waals surface area contributed by atoms with Gasteiger partial charge in [-0.25, -0.2) is 14.2 Å². The highest BCUT2D eigenvalue weighted by atomic mass is 35.5. The molecule has 3 N–H and O–H groups in total. The second kappa shape index (κ2) is 10.6. The van der Waals surface area contributed by atoms with Gasteiger partial charge in [0.2, 0.25) is 6.10 Å². The van der Waals surface area contributed by atoms with Crippen LogP contribution in [0.15, 0.2) is 42.5 Å². The Bertz CT molecular complexity index is 1140. The molecule has 33 heavy (non-hydrogen) atoms. The summed E-state index contributed by atoms with van der Waals surface area (Å²) in [6, 6.07) is 10.9. The van der Waals surface area contributed by atoms with E-state index in [1.165, 1.54) is 23.2 Å². The summed E-state index contributed by atoms with van der Waals surface area (Å²) in [4.78, 5) is 35.1. The minimum absolute atomic E-state index is 0.0208. The molecule has 0 aliphatic carbocycles. The Hall–Kier alpha value is -3.90. The second-order valence-corrected chi connectivity index (χ2v) is 7.25. The number of esters is 1. The van der Waals surface area contributed by atoms with Crippen molar-refractivity contribution < 1.29 is 28.6 Å². The first-order valence-corrected chi connectivity index (χ1v) is 9.84. The molecule has 3 aromatic rings. The van der Waals surface area contributed by atoms with E-state index in [-0.39, 0.29) is 18.9 Å². The van der Waals surface area contributed by atoms with Crippen LogP contribution >= 0.6 is 11.6 Å². The average Bonchev–Trinajstić information content (AvgIpc) is 3.30. The van der Waals surface area contributed by atoms with Gasteiger partial charge < -0.3 is 9.84 Å². The summed E-state index contributed by atoms with van der Waals surface area (Å²) >= 11 is 5.95. The molecule has 13 heteroatoms. The topological polar surface area (TPSA) is 150 Å². The van der Waals surface area contributed by atoms with Crippen molar-refractivity contribution in [2.75, 3.05) is 6.54 Å². The monoisotopic (exact) mass is 476 g/mol. The van der Waals surface area contributed by atoms with E-state index in [0.717, 1.165) is 6.92 Å². The van der Waals surface area contributed by atoms with E-state index in [0.29, 0.717) is 21.7 Å². The molecule has 0 saturated heterocycles. The Labute approximate surface area is 191 Å². The Morgan fingerprint density at radius 3 is 2.58 bits per heavy atom. The van der Waals surface area contributed by atoms with Crippen molar-refractivity contribution in [3.8, 4) is 11.1 Å². The lowest BCUT2D eigenvalue weighted by atomic mass is 10.0. The first-order valence-electron chi connectivity index (χ1n) is 9.46. The number of aromatic amines is 1. The molecule has 0 radical (unpaired) electrons. The number of carbonyl (C=O) groups is 3. The zero-order valence-electron chi connectivity index (χ0n) is 17.2. The average molecular weight is 477 g/mol. The van der Waals surface area contributed by atoms with Gasteiger partial charge in [-0.15, -0.1) is 10.2 Å². The van der Waals surface area contributed by atoms with Crippen LogP contribution in [-0.4, -0.2) is 61.2 Å². The molecule has 0 saturated carbocycles. The molecule has 0 aliphatic rings. The number of carboxylic acids is 1.